The van der Waals surface area contributed by atoms with Gasteiger partial charge in [0.1, 0.15) is 0 Å². The van der Waals surface area contributed by atoms with Crippen molar-refractivity contribution in [2.24, 2.45) is 5.92 Å². The van der Waals surface area contributed by atoms with Crippen LogP contribution in [0.4, 0.5) is 0 Å². The number of rotatable bonds is 4. The van der Waals surface area contributed by atoms with E-state index < -0.39 is 0 Å². The fourth-order valence-corrected chi connectivity index (χ4v) is 1.96. The van der Waals surface area contributed by atoms with Gasteiger partial charge >= 0.3 is 0 Å². The Morgan fingerprint density at radius 1 is 1.50 bits per heavy atom. The van der Waals surface area contributed by atoms with Gasteiger partial charge in [-0.05, 0) is 31.7 Å². The van der Waals surface area contributed by atoms with Crippen molar-refractivity contribution in [3.63, 3.8) is 0 Å². The van der Waals surface area contributed by atoms with Crippen molar-refractivity contribution in [3.05, 3.63) is 0 Å². The van der Waals surface area contributed by atoms with Gasteiger partial charge in [-0.25, -0.2) is 0 Å². The van der Waals surface area contributed by atoms with Crippen molar-refractivity contribution in [3.8, 4) is 6.07 Å². The summed E-state index contributed by atoms with van der Waals surface area (Å²) < 4.78 is 0. The molecule has 1 rings (SSSR count). The van der Waals surface area contributed by atoms with Crippen molar-refractivity contribution < 1.29 is 5.11 Å². The van der Waals surface area contributed by atoms with Crippen LogP contribution < -0.4 is 0 Å². The molecule has 1 fully saturated rings. The Hall–Kier alpha value is -0.590. The third-order valence-electron chi connectivity index (χ3n) is 2.96. The minimum absolute atomic E-state index is 0.106. The monoisotopic (exact) mass is 196 g/mol. The molecule has 0 bridgehead atoms. The molecule has 14 heavy (non-hydrogen) atoms. The van der Waals surface area contributed by atoms with E-state index in [1.54, 1.807) is 0 Å². The lowest BCUT2D eigenvalue weighted by molar-refractivity contribution is 0.0346. The first-order valence-corrected chi connectivity index (χ1v) is 5.51. The molecule has 80 valence electrons. The van der Waals surface area contributed by atoms with Crippen molar-refractivity contribution in [2.45, 2.75) is 38.7 Å². The summed E-state index contributed by atoms with van der Waals surface area (Å²) in [5.41, 5.74) is 0. The van der Waals surface area contributed by atoms with Gasteiger partial charge in [-0.15, -0.1) is 0 Å². The molecule has 2 unspecified atom stereocenters. The lowest BCUT2D eigenvalue weighted by atomic mass is 9.96. The van der Waals surface area contributed by atoms with E-state index in [1.165, 1.54) is 0 Å². The van der Waals surface area contributed by atoms with E-state index >= 15 is 0 Å². The van der Waals surface area contributed by atoms with E-state index in [1.807, 2.05) is 0 Å². The number of nitriles is 1. The molecule has 1 N–H and O–H groups in total. The van der Waals surface area contributed by atoms with Crippen LogP contribution >= 0.6 is 0 Å². The topological polar surface area (TPSA) is 47.3 Å². The molecule has 0 aromatic rings. The zero-order chi connectivity index (χ0) is 10.4. The number of hydrogen-bond acceptors (Lipinski definition) is 3. The maximum Gasteiger partial charge on any atom is 0.0621 e. The second kappa shape index (κ2) is 6.00. The zero-order valence-electron chi connectivity index (χ0n) is 8.95. The van der Waals surface area contributed by atoms with Gasteiger partial charge in [-0.3, -0.25) is 0 Å². The average Bonchev–Trinajstić information content (AvgIpc) is 2.18. The highest BCUT2D eigenvalue weighted by Crippen LogP contribution is 2.16. The molecule has 1 aliphatic heterocycles. The number of unbranched alkanes of at least 4 members (excludes halogenated alkanes) is 2. The number of piperidine rings is 1. The summed E-state index contributed by atoms with van der Waals surface area (Å²) in [6, 6.07) is 2.16. The quantitative estimate of drug-likeness (QED) is 0.691. The summed E-state index contributed by atoms with van der Waals surface area (Å²) in [7, 11) is 0. The number of aliphatic hydroxyl groups excluding tert-OH is 1. The van der Waals surface area contributed by atoms with Crippen LogP contribution in [0.1, 0.15) is 32.6 Å². The van der Waals surface area contributed by atoms with E-state index in [4.69, 9.17) is 5.26 Å². The predicted molar refractivity (Wildman–Crippen MR) is 55.7 cm³/mol. The molecule has 0 saturated carbocycles. The third kappa shape index (κ3) is 3.65. The Morgan fingerprint density at radius 3 is 2.93 bits per heavy atom. The summed E-state index contributed by atoms with van der Waals surface area (Å²) in [4.78, 5) is 2.40. The van der Waals surface area contributed by atoms with E-state index in [0.29, 0.717) is 12.3 Å². The molecule has 1 saturated heterocycles. The van der Waals surface area contributed by atoms with Crippen molar-refractivity contribution >= 4 is 0 Å². The van der Waals surface area contributed by atoms with Gasteiger partial charge in [0.25, 0.3) is 0 Å². The fourth-order valence-electron chi connectivity index (χ4n) is 1.96. The molecular weight excluding hydrogens is 176 g/mol. The van der Waals surface area contributed by atoms with Gasteiger partial charge in [0.15, 0.2) is 0 Å². The van der Waals surface area contributed by atoms with E-state index in [-0.39, 0.29) is 6.10 Å². The molecule has 0 radical (unpaired) electrons. The Bertz CT molecular complexity index is 200. The van der Waals surface area contributed by atoms with Crippen LogP contribution in [0.25, 0.3) is 0 Å². The zero-order valence-corrected chi connectivity index (χ0v) is 8.95. The smallest absolute Gasteiger partial charge is 0.0621 e. The largest absolute Gasteiger partial charge is 0.393 e. The summed E-state index contributed by atoms with van der Waals surface area (Å²) in [6.45, 7) is 5.20. The maximum atomic E-state index is 9.54. The Balaban J connectivity index is 2.11. The van der Waals surface area contributed by atoms with Crippen molar-refractivity contribution in [1.29, 1.82) is 5.26 Å². The molecule has 0 spiro atoms. The third-order valence-corrected chi connectivity index (χ3v) is 2.96. The molecule has 3 heteroatoms. The molecule has 0 aromatic carbocycles. The Kier molecular flexibility index (Phi) is 4.92. The van der Waals surface area contributed by atoms with Crippen LogP contribution in [-0.2, 0) is 0 Å². The minimum atomic E-state index is -0.106. The van der Waals surface area contributed by atoms with Crippen molar-refractivity contribution in [2.75, 3.05) is 19.6 Å². The standard InChI is InChI=1S/C11H20N2O/c1-10-9-13(8-5-11(10)14)7-4-2-3-6-12/h10-11,14H,2-5,7-9H2,1H3. The van der Waals surface area contributed by atoms with Crippen molar-refractivity contribution in [1.82, 2.24) is 4.90 Å². The van der Waals surface area contributed by atoms with Gasteiger partial charge in [0, 0.05) is 19.5 Å². The van der Waals surface area contributed by atoms with E-state index in [9.17, 15) is 5.11 Å². The molecule has 1 heterocycles. The van der Waals surface area contributed by atoms with Crippen LogP contribution in [0.15, 0.2) is 0 Å². The minimum Gasteiger partial charge on any atom is -0.393 e. The number of aliphatic hydroxyl groups is 1. The number of nitrogens with zero attached hydrogens (tertiary/aromatic N) is 2. The van der Waals surface area contributed by atoms with Gasteiger partial charge in [0.05, 0.1) is 12.2 Å². The SMILES string of the molecule is CC1CN(CCCCC#N)CCC1O. The molecule has 2 atom stereocenters. The van der Waals surface area contributed by atoms with Gasteiger partial charge in [-0.2, -0.15) is 5.26 Å². The summed E-state index contributed by atoms with van der Waals surface area (Å²) in [5, 5.41) is 17.9. The molecule has 3 nitrogen and oxygen atoms in total. The lowest BCUT2D eigenvalue weighted by Crippen LogP contribution is -2.42. The molecule has 0 aromatic heterocycles. The highest BCUT2D eigenvalue weighted by Gasteiger charge is 2.23. The summed E-state index contributed by atoms with van der Waals surface area (Å²) in [6.07, 6.45) is 3.58. The number of likely N-dealkylation sites (tertiary alicyclic amines) is 1. The number of hydrogen-bond donors (Lipinski definition) is 1. The molecule has 0 aliphatic carbocycles. The lowest BCUT2D eigenvalue weighted by Gasteiger charge is -2.34. The van der Waals surface area contributed by atoms with Gasteiger partial charge in [0.2, 0.25) is 0 Å². The summed E-state index contributed by atoms with van der Waals surface area (Å²) in [5.74, 6) is 0.403. The first-order valence-electron chi connectivity index (χ1n) is 5.51. The summed E-state index contributed by atoms with van der Waals surface area (Å²) >= 11 is 0. The second-order valence-corrected chi connectivity index (χ2v) is 4.25. The Morgan fingerprint density at radius 2 is 2.29 bits per heavy atom. The fraction of sp³-hybridized carbons (Fsp3) is 0.909. The molecule has 1 aliphatic rings. The van der Waals surface area contributed by atoms with Crippen LogP contribution in [0.5, 0.6) is 0 Å². The average molecular weight is 196 g/mol. The van der Waals surface area contributed by atoms with E-state index in [2.05, 4.69) is 17.9 Å². The highest BCUT2D eigenvalue weighted by atomic mass is 16.3. The van der Waals surface area contributed by atoms with Crippen LogP contribution in [0.2, 0.25) is 0 Å². The van der Waals surface area contributed by atoms with Gasteiger partial charge < -0.3 is 10.0 Å². The second-order valence-electron chi connectivity index (χ2n) is 4.25. The first-order chi connectivity index (χ1) is 6.74. The maximum absolute atomic E-state index is 9.54. The van der Waals surface area contributed by atoms with Gasteiger partial charge in [-0.1, -0.05) is 6.92 Å². The van der Waals surface area contributed by atoms with Crippen LogP contribution in [0, 0.1) is 17.2 Å². The van der Waals surface area contributed by atoms with E-state index in [0.717, 1.165) is 38.9 Å². The normalized spacial score (nSPS) is 28.6. The highest BCUT2D eigenvalue weighted by molar-refractivity contribution is 4.77. The van der Waals surface area contributed by atoms with Crippen LogP contribution in [0.3, 0.4) is 0 Å². The Labute approximate surface area is 86.3 Å². The first kappa shape index (κ1) is 11.5. The molecule has 0 amide bonds. The van der Waals surface area contributed by atoms with Crippen LogP contribution in [-0.4, -0.2) is 35.7 Å². The predicted octanol–water partition coefficient (Wildman–Crippen LogP) is 1.38. The molecular formula is C11H20N2O.